The van der Waals surface area contributed by atoms with E-state index in [0.717, 1.165) is 0 Å². The van der Waals surface area contributed by atoms with Crippen LogP contribution in [-0.2, 0) is 9.53 Å². The van der Waals surface area contributed by atoms with E-state index in [1.54, 1.807) is 13.0 Å². The number of anilines is 2. The Morgan fingerprint density at radius 3 is 2.67 bits per heavy atom. The number of nitro groups is 1. The zero-order valence-corrected chi connectivity index (χ0v) is 11.9. The third-order valence-electron chi connectivity index (χ3n) is 2.68. The number of carbonyl (C=O) groups is 1. The van der Waals surface area contributed by atoms with Crippen LogP contribution in [0.4, 0.5) is 17.1 Å². The highest BCUT2D eigenvalue weighted by molar-refractivity contribution is 5.84. The summed E-state index contributed by atoms with van der Waals surface area (Å²) in [4.78, 5) is 22.1. The van der Waals surface area contributed by atoms with Gasteiger partial charge in [-0.15, -0.1) is 0 Å². The van der Waals surface area contributed by atoms with Crippen LogP contribution >= 0.6 is 0 Å². The fourth-order valence-electron chi connectivity index (χ4n) is 1.63. The first-order chi connectivity index (χ1) is 9.97. The van der Waals surface area contributed by atoms with Gasteiger partial charge in [0, 0.05) is 31.5 Å². The number of benzene rings is 1. The average molecular weight is 297 g/mol. The number of non-ortho nitro benzene ring substituents is 1. The summed E-state index contributed by atoms with van der Waals surface area (Å²) in [5.41, 5.74) is 3.02. The molecule has 0 aliphatic carbocycles. The molecular weight excluding hydrogens is 278 g/mol. The van der Waals surface area contributed by atoms with E-state index in [2.05, 4.69) is 16.1 Å². The molecule has 0 saturated heterocycles. The van der Waals surface area contributed by atoms with Crippen molar-refractivity contribution in [3.63, 3.8) is 0 Å². The minimum absolute atomic E-state index is 0.125. The van der Waals surface area contributed by atoms with Crippen LogP contribution in [0.1, 0.15) is 6.92 Å². The summed E-state index contributed by atoms with van der Waals surface area (Å²) in [6.45, 7) is 2.46. The van der Waals surface area contributed by atoms with E-state index in [4.69, 9.17) is 10.6 Å². The third-order valence-corrected chi connectivity index (χ3v) is 2.68. The highest BCUT2D eigenvalue weighted by Crippen LogP contribution is 2.24. The number of hydrazine groups is 1. The van der Waals surface area contributed by atoms with Gasteiger partial charge in [0.15, 0.2) is 0 Å². The molecule has 0 saturated carbocycles. The average Bonchev–Trinajstić information content (AvgIpc) is 2.46. The number of nitrogens with two attached hydrogens (primary N) is 1. The van der Waals surface area contributed by atoms with Crippen LogP contribution in [0.3, 0.4) is 0 Å². The third kappa shape index (κ3) is 5.24. The maximum Gasteiger partial charge on any atom is 0.273 e. The lowest BCUT2D eigenvalue weighted by Crippen LogP contribution is -2.39. The maximum absolute atomic E-state index is 11.8. The lowest BCUT2D eigenvalue weighted by Gasteiger charge is -2.15. The molecule has 0 aliphatic rings. The molecule has 0 bridgehead atoms. The maximum atomic E-state index is 11.8. The number of hydrogen-bond donors (Lipinski definition) is 4. The Kier molecular flexibility index (Phi) is 6.37. The molecule has 1 aromatic rings. The second-order valence-corrected chi connectivity index (χ2v) is 4.32. The summed E-state index contributed by atoms with van der Waals surface area (Å²) < 4.78 is 4.83. The Hall–Kier alpha value is -2.39. The number of carbonyl (C=O) groups excluding carboxylic acids is 1. The molecule has 0 spiro atoms. The second kappa shape index (κ2) is 8.02. The summed E-state index contributed by atoms with van der Waals surface area (Å²) >= 11 is 0. The highest BCUT2D eigenvalue weighted by Gasteiger charge is 2.15. The Morgan fingerprint density at radius 1 is 1.43 bits per heavy atom. The van der Waals surface area contributed by atoms with Gasteiger partial charge in [0.2, 0.25) is 5.91 Å². The standard InChI is InChI=1S/C12H19N5O4/c1-8(12(18)14-3-4-21-2)15-9-5-10(16-13)7-11(6-9)17(19)20/h5-8,15-16H,3-4,13H2,1-2H3,(H,14,18). The minimum atomic E-state index is -0.561. The van der Waals surface area contributed by atoms with Crippen molar-refractivity contribution < 1.29 is 14.5 Å². The number of nitrogens with one attached hydrogen (secondary N) is 3. The van der Waals surface area contributed by atoms with Gasteiger partial charge in [0.1, 0.15) is 6.04 Å². The molecule has 9 nitrogen and oxygen atoms in total. The summed E-state index contributed by atoms with van der Waals surface area (Å²) in [6, 6.07) is 3.65. The smallest absolute Gasteiger partial charge is 0.273 e. The summed E-state index contributed by atoms with van der Waals surface area (Å²) in [6.07, 6.45) is 0. The molecule has 0 heterocycles. The van der Waals surface area contributed by atoms with Crippen molar-refractivity contribution >= 4 is 23.0 Å². The van der Waals surface area contributed by atoms with Crippen LogP contribution < -0.4 is 21.9 Å². The van der Waals surface area contributed by atoms with Gasteiger partial charge in [-0.05, 0) is 13.0 Å². The molecule has 1 rings (SSSR count). The van der Waals surface area contributed by atoms with Gasteiger partial charge >= 0.3 is 0 Å². The SMILES string of the molecule is COCCNC(=O)C(C)Nc1cc(NN)cc([N+](=O)[O-])c1. The normalized spacial score (nSPS) is 11.6. The van der Waals surface area contributed by atoms with Crippen LogP contribution in [0.2, 0.25) is 0 Å². The molecule has 9 heteroatoms. The molecule has 0 aliphatic heterocycles. The van der Waals surface area contributed by atoms with Gasteiger partial charge in [0.05, 0.1) is 17.2 Å². The van der Waals surface area contributed by atoms with E-state index in [0.29, 0.717) is 24.5 Å². The van der Waals surface area contributed by atoms with Crippen LogP contribution in [0.5, 0.6) is 0 Å². The van der Waals surface area contributed by atoms with Gasteiger partial charge < -0.3 is 20.8 Å². The highest BCUT2D eigenvalue weighted by atomic mass is 16.6. The van der Waals surface area contributed by atoms with Crippen molar-refractivity contribution in [2.45, 2.75) is 13.0 Å². The predicted octanol–water partition coefficient (Wildman–Crippen LogP) is 0.443. The largest absolute Gasteiger partial charge is 0.383 e. The first-order valence-corrected chi connectivity index (χ1v) is 6.27. The molecular formula is C12H19N5O4. The first kappa shape index (κ1) is 16.7. The van der Waals surface area contributed by atoms with E-state index < -0.39 is 11.0 Å². The second-order valence-electron chi connectivity index (χ2n) is 4.32. The molecule has 1 amide bonds. The summed E-state index contributed by atoms with van der Waals surface area (Å²) in [5, 5.41) is 16.4. The van der Waals surface area contributed by atoms with E-state index in [-0.39, 0.29) is 11.6 Å². The van der Waals surface area contributed by atoms with Crippen molar-refractivity contribution in [2.75, 3.05) is 31.0 Å². The van der Waals surface area contributed by atoms with E-state index in [1.165, 1.54) is 19.2 Å². The van der Waals surface area contributed by atoms with Crippen molar-refractivity contribution in [2.24, 2.45) is 5.84 Å². The Labute approximate surface area is 122 Å². The van der Waals surface area contributed by atoms with Crippen LogP contribution in [0, 0.1) is 10.1 Å². The monoisotopic (exact) mass is 297 g/mol. The number of nitrogen functional groups attached to an aromatic ring is 1. The van der Waals surface area contributed by atoms with Gasteiger partial charge in [-0.3, -0.25) is 20.8 Å². The lowest BCUT2D eigenvalue weighted by atomic mass is 10.2. The first-order valence-electron chi connectivity index (χ1n) is 6.27. The van der Waals surface area contributed by atoms with Crippen molar-refractivity contribution in [3.05, 3.63) is 28.3 Å². The molecule has 0 fully saturated rings. The molecule has 0 radical (unpaired) electrons. The molecule has 0 aromatic heterocycles. The fraction of sp³-hybridized carbons (Fsp3) is 0.417. The number of methoxy groups -OCH3 is 1. The molecule has 1 atom stereocenters. The van der Waals surface area contributed by atoms with Gasteiger partial charge in [-0.2, -0.15) is 0 Å². The Balaban J connectivity index is 2.74. The Morgan fingerprint density at radius 2 is 2.10 bits per heavy atom. The predicted molar refractivity (Wildman–Crippen MR) is 78.9 cm³/mol. The Bertz CT molecular complexity index is 508. The number of nitrogens with zero attached hydrogens (tertiary/aromatic N) is 1. The van der Waals surface area contributed by atoms with Crippen LogP contribution in [0.15, 0.2) is 18.2 Å². The quantitative estimate of drug-likeness (QED) is 0.237. The zero-order chi connectivity index (χ0) is 15.8. The fourth-order valence-corrected chi connectivity index (χ4v) is 1.63. The molecule has 1 unspecified atom stereocenters. The van der Waals surface area contributed by atoms with Crippen molar-refractivity contribution in [3.8, 4) is 0 Å². The van der Waals surface area contributed by atoms with Crippen LogP contribution in [0.25, 0.3) is 0 Å². The number of rotatable bonds is 8. The van der Waals surface area contributed by atoms with Crippen molar-refractivity contribution in [1.29, 1.82) is 0 Å². The van der Waals surface area contributed by atoms with Crippen LogP contribution in [-0.4, -0.2) is 37.1 Å². The number of amides is 1. The molecule has 5 N–H and O–H groups in total. The van der Waals surface area contributed by atoms with Gasteiger partial charge in [-0.1, -0.05) is 0 Å². The van der Waals surface area contributed by atoms with Gasteiger partial charge in [-0.25, -0.2) is 0 Å². The lowest BCUT2D eigenvalue weighted by molar-refractivity contribution is -0.384. The number of nitro benzene ring substituents is 1. The van der Waals surface area contributed by atoms with E-state index >= 15 is 0 Å². The van der Waals surface area contributed by atoms with E-state index in [9.17, 15) is 14.9 Å². The molecule has 116 valence electrons. The van der Waals surface area contributed by atoms with Crippen molar-refractivity contribution in [1.82, 2.24) is 5.32 Å². The zero-order valence-electron chi connectivity index (χ0n) is 11.9. The topological polar surface area (TPSA) is 132 Å². The number of hydrogen-bond acceptors (Lipinski definition) is 7. The van der Waals surface area contributed by atoms with E-state index in [1.807, 2.05) is 0 Å². The molecule has 1 aromatic carbocycles. The number of ether oxygens (including phenoxy) is 1. The van der Waals surface area contributed by atoms with Gasteiger partial charge in [0.25, 0.3) is 5.69 Å². The molecule has 21 heavy (non-hydrogen) atoms. The minimum Gasteiger partial charge on any atom is -0.383 e. The summed E-state index contributed by atoms with van der Waals surface area (Å²) in [7, 11) is 1.54. The summed E-state index contributed by atoms with van der Waals surface area (Å²) in [5.74, 6) is 5.03.